The number of ether oxygens (including phenoxy) is 1. The molecule has 0 bridgehead atoms. The first-order valence-electron chi connectivity index (χ1n) is 8.16. The zero-order chi connectivity index (χ0) is 20.3. The van der Waals surface area contributed by atoms with Crippen LogP contribution in [0.3, 0.4) is 0 Å². The highest BCUT2D eigenvalue weighted by Crippen LogP contribution is 2.33. The van der Waals surface area contributed by atoms with E-state index in [1.807, 2.05) is 6.07 Å². The zero-order valence-electron chi connectivity index (χ0n) is 14.7. The average molecular weight is 397 g/mol. The molecule has 0 aliphatic carbocycles. The van der Waals surface area contributed by atoms with Crippen LogP contribution >= 0.6 is 12.2 Å². The van der Waals surface area contributed by atoms with E-state index >= 15 is 0 Å². The Labute approximate surface area is 165 Å². The summed E-state index contributed by atoms with van der Waals surface area (Å²) in [7, 11) is 1.11. The Balaban J connectivity index is 2.23. The summed E-state index contributed by atoms with van der Waals surface area (Å²) < 4.78 is 4.60. The molecule has 0 spiro atoms. The molecular weight excluding hydrogens is 382 g/mol. The largest absolute Gasteiger partial charge is 0.463 e. The summed E-state index contributed by atoms with van der Waals surface area (Å²) in [5.41, 5.74) is 1.31. The molecule has 0 saturated heterocycles. The lowest BCUT2D eigenvalue weighted by Crippen LogP contribution is -2.46. The van der Waals surface area contributed by atoms with E-state index in [4.69, 9.17) is 12.2 Å². The highest BCUT2D eigenvalue weighted by atomic mass is 32.1. The second-order valence-corrected chi connectivity index (χ2v) is 6.27. The van der Waals surface area contributed by atoms with E-state index in [9.17, 15) is 19.7 Å². The third-order valence-corrected chi connectivity index (χ3v) is 4.38. The number of nitro groups is 1. The monoisotopic (exact) mass is 397 g/mol. The molecule has 0 saturated carbocycles. The highest BCUT2D eigenvalue weighted by Gasteiger charge is 2.36. The van der Waals surface area contributed by atoms with Gasteiger partial charge in [-0.2, -0.15) is 0 Å². The molecule has 0 aromatic heterocycles. The third kappa shape index (κ3) is 3.74. The number of nitrogens with one attached hydrogen (secondary N) is 2. The lowest BCUT2D eigenvalue weighted by molar-refractivity contribution is -0.384. The van der Waals surface area contributed by atoms with Crippen LogP contribution in [0.4, 0.5) is 5.69 Å². The maximum atomic E-state index is 12.8. The van der Waals surface area contributed by atoms with Gasteiger partial charge in [0.25, 0.3) is 11.5 Å². The van der Waals surface area contributed by atoms with Crippen LogP contribution in [0.25, 0.3) is 5.70 Å². The molecule has 0 radical (unpaired) electrons. The summed E-state index contributed by atoms with van der Waals surface area (Å²) >= 11 is 5.26. The normalized spacial score (nSPS) is 16.0. The van der Waals surface area contributed by atoms with E-state index in [1.54, 1.807) is 30.3 Å². The molecule has 2 N–H and O–H groups in total. The maximum absolute atomic E-state index is 12.8. The number of nitro benzene ring substituents is 1. The Morgan fingerprint density at radius 1 is 1.14 bits per heavy atom. The number of Topliss-reactive ketones (excluding diaryl/α,β-unsaturated/α-hetero) is 1. The Kier molecular flexibility index (Phi) is 5.46. The SMILES string of the molecule is COC(=O)C(=O)C1=C(c2ccccc2)NC(=S)N[C@@H]1c1cccc([N+](=O)[O-])c1. The molecule has 142 valence electrons. The molecule has 1 atom stereocenters. The first kappa shape index (κ1) is 19.2. The van der Waals surface area contributed by atoms with Gasteiger partial charge >= 0.3 is 5.97 Å². The second kappa shape index (κ2) is 7.97. The number of hydrogen-bond donors (Lipinski definition) is 2. The molecule has 1 aliphatic heterocycles. The standard InChI is InChI=1S/C19H15N3O5S/c1-27-18(24)17(23)14-15(11-6-3-2-4-7-11)20-19(28)21-16(14)12-8-5-9-13(10-12)22(25)26/h2-10,16H,1H3,(H2,20,21,28)/t16-/m1/s1. The molecular formula is C19H15N3O5S. The predicted molar refractivity (Wildman–Crippen MR) is 105 cm³/mol. The number of benzene rings is 2. The smallest absolute Gasteiger partial charge is 0.379 e. The molecule has 8 nitrogen and oxygen atoms in total. The van der Waals surface area contributed by atoms with Gasteiger partial charge in [-0.1, -0.05) is 42.5 Å². The number of carbonyl (C=O) groups excluding carboxylic acids is 2. The molecule has 1 aliphatic rings. The van der Waals surface area contributed by atoms with E-state index < -0.39 is 22.7 Å². The van der Waals surface area contributed by atoms with Crippen LogP contribution in [0.2, 0.25) is 0 Å². The summed E-state index contributed by atoms with van der Waals surface area (Å²) in [6.07, 6.45) is 0. The zero-order valence-corrected chi connectivity index (χ0v) is 15.5. The van der Waals surface area contributed by atoms with Crippen molar-refractivity contribution in [3.05, 3.63) is 81.4 Å². The molecule has 1 heterocycles. The van der Waals surface area contributed by atoms with Crippen molar-refractivity contribution >= 4 is 40.5 Å². The van der Waals surface area contributed by atoms with Gasteiger partial charge in [-0.05, 0) is 23.3 Å². The molecule has 2 aromatic carbocycles. The minimum atomic E-state index is -1.05. The van der Waals surface area contributed by atoms with E-state index in [-0.39, 0.29) is 16.4 Å². The Hall–Kier alpha value is -3.59. The van der Waals surface area contributed by atoms with Gasteiger partial charge in [0.1, 0.15) is 0 Å². The van der Waals surface area contributed by atoms with E-state index in [2.05, 4.69) is 15.4 Å². The summed E-state index contributed by atoms with van der Waals surface area (Å²) in [5, 5.41) is 17.2. The molecule has 0 amide bonds. The minimum absolute atomic E-state index is 0.0622. The molecule has 3 rings (SSSR count). The first-order valence-corrected chi connectivity index (χ1v) is 8.57. The van der Waals surface area contributed by atoms with E-state index in [1.165, 1.54) is 18.2 Å². The van der Waals surface area contributed by atoms with Crippen molar-refractivity contribution in [3.8, 4) is 0 Å². The Morgan fingerprint density at radius 2 is 1.86 bits per heavy atom. The fourth-order valence-corrected chi connectivity index (χ4v) is 3.13. The van der Waals surface area contributed by atoms with E-state index in [0.717, 1.165) is 7.11 Å². The van der Waals surface area contributed by atoms with Gasteiger partial charge in [0, 0.05) is 12.1 Å². The average Bonchev–Trinajstić information content (AvgIpc) is 2.72. The van der Waals surface area contributed by atoms with Gasteiger partial charge < -0.3 is 15.4 Å². The number of ketones is 1. The number of carbonyl (C=O) groups is 2. The van der Waals surface area contributed by atoms with Gasteiger partial charge in [0.05, 0.1) is 29.3 Å². The molecule has 0 unspecified atom stereocenters. The van der Waals surface area contributed by atoms with Gasteiger partial charge in [-0.25, -0.2) is 4.79 Å². The maximum Gasteiger partial charge on any atom is 0.379 e. The van der Waals surface area contributed by atoms with Crippen molar-refractivity contribution in [3.63, 3.8) is 0 Å². The molecule has 0 fully saturated rings. The van der Waals surface area contributed by atoms with Crippen molar-refractivity contribution in [2.75, 3.05) is 7.11 Å². The molecule has 28 heavy (non-hydrogen) atoms. The highest BCUT2D eigenvalue weighted by molar-refractivity contribution is 7.80. The van der Waals surface area contributed by atoms with Crippen LogP contribution in [0.15, 0.2) is 60.2 Å². The lowest BCUT2D eigenvalue weighted by Gasteiger charge is -2.31. The fourth-order valence-electron chi connectivity index (χ4n) is 2.91. The van der Waals surface area contributed by atoms with Crippen molar-refractivity contribution in [2.45, 2.75) is 6.04 Å². The number of thiocarbonyl (C=S) groups is 1. The summed E-state index contributed by atoms with van der Waals surface area (Å²) in [6.45, 7) is 0. The Morgan fingerprint density at radius 3 is 2.50 bits per heavy atom. The number of non-ortho nitro benzene ring substituents is 1. The number of methoxy groups -OCH3 is 1. The number of esters is 1. The van der Waals surface area contributed by atoms with Gasteiger partial charge in [0.15, 0.2) is 5.11 Å². The topological polar surface area (TPSA) is 111 Å². The van der Waals surface area contributed by atoms with Crippen LogP contribution in [0.5, 0.6) is 0 Å². The van der Waals surface area contributed by atoms with Crippen molar-refractivity contribution in [2.24, 2.45) is 0 Å². The van der Waals surface area contributed by atoms with Crippen LogP contribution in [-0.2, 0) is 14.3 Å². The van der Waals surface area contributed by atoms with Gasteiger partial charge in [-0.15, -0.1) is 0 Å². The minimum Gasteiger partial charge on any atom is -0.463 e. The molecule has 9 heteroatoms. The Bertz CT molecular complexity index is 1000. The summed E-state index contributed by atoms with van der Waals surface area (Å²) in [6, 6.07) is 13.8. The van der Waals surface area contributed by atoms with Crippen LogP contribution in [-0.4, -0.2) is 28.9 Å². The van der Waals surface area contributed by atoms with Gasteiger partial charge in [-0.3, -0.25) is 14.9 Å². The third-order valence-electron chi connectivity index (χ3n) is 4.16. The fraction of sp³-hybridized carbons (Fsp3) is 0.105. The van der Waals surface area contributed by atoms with Crippen molar-refractivity contribution < 1.29 is 19.2 Å². The second-order valence-electron chi connectivity index (χ2n) is 5.86. The van der Waals surface area contributed by atoms with Crippen molar-refractivity contribution in [1.29, 1.82) is 0 Å². The quantitative estimate of drug-likeness (QED) is 0.260. The van der Waals surface area contributed by atoms with Crippen LogP contribution in [0, 0.1) is 10.1 Å². The number of nitrogens with zero attached hydrogens (tertiary/aromatic N) is 1. The van der Waals surface area contributed by atoms with Crippen LogP contribution in [0.1, 0.15) is 17.2 Å². The lowest BCUT2D eigenvalue weighted by atomic mass is 9.90. The predicted octanol–water partition coefficient (Wildman–Crippen LogP) is 2.27. The summed E-state index contributed by atoms with van der Waals surface area (Å²) in [5.74, 6) is -1.92. The number of rotatable bonds is 5. The number of hydrogen-bond acceptors (Lipinski definition) is 6. The molecule has 2 aromatic rings. The van der Waals surface area contributed by atoms with Gasteiger partial charge in [0.2, 0.25) is 0 Å². The van der Waals surface area contributed by atoms with E-state index in [0.29, 0.717) is 16.8 Å². The first-order chi connectivity index (χ1) is 13.4. The van der Waals surface area contributed by atoms with Crippen molar-refractivity contribution in [1.82, 2.24) is 10.6 Å². The van der Waals surface area contributed by atoms with Crippen LogP contribution < -0.4 is 10.6 Å². The summed E-state index contributed by atoms with van der Waals surface area (Å²) in [4.78, 5) is 35.5.